The van der Waals surface area contributed by atoms with E-state index in [9.17, 15) is 4.79 Å². The van der Waals surface area contributed by atoms with Gasteiger partial charge >= 0.3 is 0 Å². The molecule has 0 unspecified atom stereocenters. The summed E-state index contributed by atoms with van der Waals surface area (Å²) in [5, 5.41) is 7.73. The van der Waals surface area contributed by atoms with Crippen LogP contribution in [0.15, 0.2) is 12.1 Å². The van der Waals surface area contributed by atoms with Crippen molar-refractivity contribution in [3.8, 4) is 17.2 Å². The minimum atomic E-state index is -0.133. The topological polar surface area (TPSA) is 74.6 Å². The molecule has 7 heteroatoms. The lowest BCUT2D eigenvalue weighted by molar-refractivity contribution is -0.116. The average molecular weight is 371 g/mol. The number of nitrogens with zero attached hydrogens (tertiary/aromatic N) is 2. The van der Waals surface area contributed by atoms with Gasteiger partial charge in [-0.25, -0.2) is 4.68 Å². The zero-order chi connectivity index (χ0) is 19.1. The molecule has 2 aliphatic rings. The molecule has 1 aromatic carbocycles. The van der Waals surface area contributed by atoms with E-state index in [1.165, 1.54) is 0 Å². The highest BCUT2D eigenvalue weighted by Crippen LogP contribution is 2.47. The van der Waals surface area contributed by atoms with E-state index in [1.807, 2.05) is 23.7 Å². The molecule has 0 spiro atoms. The third-order valence-electron chi connectivity index (χ3n) is 5.19. The summed E-state index contributed by atoms with van der Waals surface area (Å²) in [6.45, 7) is 7.33. The van der Waals surface area contributed by atoms with Crippen LogP contribution in [0.4, 0.5) is 5.82 Å². The molecule has 144 valence electrons. The summed E-state index contributed by atoms with van der Waals surface area (Å²) in [5.41, 5.74) is 2.90. The summed E-state index contributed by atoms with van der Waals surface area (Å²) >= 11 is 0. The van der Waals surface area contributed by atoms with Crippen LogP contribution in [-0.4, -0.2) is 29.6 Å². The number of aryl methyl sites for hydroxylation is 2. The lowest BCUT2D eigenvalue weighted by Crippen LogP contribution is -2.25. The molecule has 0 saturated carbocycles. The van der Waals surface area contributed by atoms with Crippen LogP contribution in [0.5, 0.6) is 17.2 Å². The molecule has 2 aliphatic heterocycles. The maximum absolute atomic E-state index is 12.5. The van der Waals surface area contributed by atoms with Gasteiger partial charge in [0.15, 0.2) is 11.5 Å². The number of nitrogens with one attached hydrogen (secondary N) is 1. The summed E-state index contributed by atoms with van der Waals surface area (Å²) in [4.78, 5) is 12.5. The predicted octanol–water partition coefficient (Wildman–Crippen LogP) is 3.45. The summed E-state index contributed by atoms with van der Waals surface area (Å²) in [6.07, 6.45) is 1.35. The third-order valence-corrected chi connectivity index (χ3v) is 5.19. The van der Waals surface area contributed by atoms with Crippen molar-refractivity contribution in [2.75, 3.05) is 19.2 Å². The molecule has 1 atom stereocenters. The van der Waals surface area contributed by atoms with Gasteiger partial charge in [-0.3, -0.25) is 4.79 Å². The Morgan fingerprint density at radius 3 is 2.78 bits per heavy atom. The Morgan fingerprint density at radius 2 is 2.07 bits per heavy atom. The highest BCUT2D eigenvalue weighted by molar-refractivity contribution is 5.94. The molecule has 7 nitrogen and oxygen atoms in total. The van der Waals surface area contributed by atoms with Gasteiger partial charge in [0.2, 0.25) is 12.7 Å². The van der Waals surface area contributed by atoms with Crippen molar-refractivity contribution in [1.29, 1.82) is 0 Å². The van der Waals surface area contributed by atoms with Gasteiger partial charge in [-0.05, 0) is 25.3 Å². The Balaban J connectivity index is 1.79. The second-order valence-electron chi connectivity index (χ2n) is 7.51. The lowest BCUT2D eigenvalue weighted by atomic mass is 9.85. The molecule has 0 aliphatic carbocycles. The van der Waals surface area contributed by atoms with Gasteiger partial charge in [0.1, 0.15) is 11.6 Å². The Labute approximate surface area is 158 Å². The smallest absolute Gasteiger partial charge is 0.231 e. The monoisotopic (exact) mass is 371 g/mol. The quantitative estimate of drug-likeness (QED) is 0.871. The van der Waals surface area contributed by atoms with Gasteiger partial charge < -0.3 is 19.5 Å². The third kappa shape index (κ3) is 3.11. The van der Waals surface area contributed by atoms with Crippen LogP contribution in [0.25, 0.3) is 0 Å². The maximum atomic E-state index is 12.5. The summed E-state index contributed by atoms with van der Waals surface area (Å²) in [5.74, 6) is 3.26. The summed E-state index contributed by atoms with van der Waals surface area (Å²) < 4.78 is 18.5. The number of amides is 1. The normalized spacial score (nSPS) is 17.8. The van der Waals surface area contributed by atoms with Gasteiger partial charge in [-0.1, -0.05) is 13.8 Å². The standard InChI is InChI=1S/C20H25N3O4/c1-11(2)5-6-23-20-19(12(3)22-23)14(8-18(24)21-20)13-7-16-17(27-10-26-16)9-15(13)25-4/h7,9,11,14H,5-6,8,10H2,1-4H3,(H,21,24)/t14-/m0/s1. The molecule has 0 radical (unpaired) electrons. The Kier molecular flexibility index (Phi) is 4.45. The Morgan fingerprint density at radius 1 is 1.33 bits per heavy atom. The van der Waals surface area contributed by atoms with Gasteiger partial charge in [0.25, 0.3) is 0 Å². The summed E-state index contributed by atoms with van der Waals surface area (Å²) in [7, 11) is 1.63. The number of carbonyl (C=O) groups is 1. The second kappa shape index (κ2) is 6.79. The highest BCUT2D eigenvalue weighted by Gasteiger charge is 2.35. The van der Waals surface area contributed by atoms with Crippen molar-refractivity contribution in [3.63, 3.8) is 0 Å². The van der Waals surface area contributed by atoms with Crippen LogP contribution in [0.1, 0.15) is 49.4 Å². The number of benzene rings is 1. The number of hydrogen-bond acceptors (Lipinski definition) is 5. The van der Waals surface area contributed by atoms with Crippen molar-refractivity contribution in [1.82, 2.24) is 9.78 Å². The van der Waals surface area contributed by atoms with E-state index in [0.29, 0.717) is 29.6 Å². The van der Waals surface area contributed by atoms with Crippen molar-refractivity contribution >= 4 is 11.7 Å². The van der Waals surface area contributed by atoms with Crippen molar-refractivity contribution in [3.05, 3.63) is 29.0 Å². The zero-order valence-corrected chi connectivity index (χ0v) is 16.2. The maximum Gasteiger partial charge on any atom is 0.231 e. The molecule has 1 aromatic heterocycles. The molecule has 0 bridgehead atoms. The molecular formula is C20H25N3O4. The number of methoxy groups -OCH3 is 1. The van der Waals surface area contributed by atoms with Gasteiger partial charge in [0, 0.05) is 36.1 Å². The predicted molar refractivity (Wildman–Crippen MR) is 101 cm³/mol. The first-order valence-corrected chi connectivity index (χ1v) is 9.32. The first kappa shape index (κ1) is 17.7. The van der Waals surface area contributed by atoms with Gasteiger partial charge in [-0.2, -0.15) is 5.10 Å². The fourth-order valence-corrected chi connectivity index (χ4v) is 3.81. The molecule has 0 fully saturated rings. The fraction of sp³-hybridized carbons (Fsp3) is 0.500. The number of rotatable bonds is 5. The van der Waals surface area contributed by atoms with E-state index in [-0.39, 0.29) is 18.6 Å². The molecular weight excluding hydrogens is 346 g/mol. The fourth-order valence-electron chi connectivity index (χ4n) is 3.81. The van der Waals surface area contributed by atoms with E-state index in [4.69, 9.17) is 19.3 Å². The van der Waals surface area contributed by atoms with E-state index in [0.717, 1.165) is 35.6 Å². The number of hydrogen-bond donors (Lipinski definition) is 1. The number of carbonyl (C=O) groups excluding carboxylic acids is 1. The molecule has 0 saturated heterocycles. The number of anilines is 1. The number of aromatic nitrogens is 2. The van der Waals surface area contributed by atoms with E-state index in [2.05, 4.69) is 19.2 Å². The van der Waals surface area contributed by atoms with E-state index in [1.54, 1.807) is 7.11 Å². The SMILES string of the molecule is COc1cc2c(cc1[C@@H]1CC(=O)Nc3c1c(C)nn3CCC(C)C)OCO2. The van der Waals surface area contributed by atoms with Crippen LogP contribution in [0, 0.1) is 12.8 Å². The van der Waals surface area contributed by atoms with E-state index < -0.39 is 0 Å². The van der Waals surface area contributed by atoms with Crippen LogP contribution in [0.3, 0.4) is 0 Å². The van der Waals surface area contributed by atoms with Gasteiger partial charge in [0.05, 0.1) is 12.8 Å². The number of fused-ring (bicyclic) bond motifs is 2. The van der Waals surface area contributed by atoms with Crippen LogP contribution >= 0.6 is 0 Å². The number of ether oxygens (including phenoxy) is 3. The molecule has 1 amide bonds. The summed E-state index contributed by atoms with van der Waals surface area (Å²) in [6, 6.07) is 3.77. The Bertz CT molecular complexity index is 888. The largest absolute Gasteiger partial charge is 0.496 e. The molecule has 2 aromatic rings. The van der Waals surface area contributed by atoms with Crippen molar-refractivity contribution in [2.45, 2.75) is 46.1 Å². The Hall–Kier alpha value is -2.70. The molecule has 27 heavy (non-hydrogen) atoms. The lowest BCUT2D eigenvalue weighted by Gasteiger charge is -2.26. The highest BCUT2D eigenvalue weighted by atomic mass is 16.7. The molecule has 3 heterocycles. The van der Waals surface area contributed by atoms with E-state index >= 15 is 0 Å². The zero-order valence-electron chi connectivity index (χ0n) is 16.2. The van der Waals surface area contributed by atoms with Gasteiger partial charge in [-0.15, -0.1) is 0 Å². The van der Waals surface area contributed by atoms with Crippen molar-refractivity contribution < 1.29 is 19.0 Å². The van der Waals surface area contributed by atoms with Crippen molar-refractivity contribution in [2.24, 2.45) is 5.92 Å². The second-order valence-corrected chi connectivity index (χ2v) is 7.51. The van der Waals surface area contributed by atoms with Crippen LogP contribution in [0.2, 0.25) is 0 Å². The average Bonchev–Trinajstić information content (AvgIpc) is 3.22. The molecule has 1 N–H and O–H groups in total. The first-order chi connectivity index (χ1) is 13.0. The minimum Gasteiger partial charge on any atom is -0.496 e. The van der Waals surface area contributed by atoms with Crippen LogP contribution < -0.4 is 19.5 Å². The van der Waals surface area contributed by atoms with Crippen LogP contribution in [-0.2, 0) is 11.3 Å². The minimum absolute atomic E-state index is 0.0158. The molecule has 4 rings (SSSR count). The first-order valence-electron chi connectivity index (χ1n) is 9.32.